The Labute approximate surface area is 76.0 Å². The van der Waals surface area contributed by atoms with E-state index in [1.54, 1.807) is 6.08 Å². The molecule has 0 saturated heterocycles. The first-order chi connectivity index (χ1) is 3.95. The summed E-state index contributed by atoms with van der Waals surface area (Å²) in [5.74, 6) is 0. The van der Waals surface area contributed by atoms with Gasteiger partial charge in [0.05, 0.1) is 5.60 Å². The van der Waals surface area contributed by atoms with Crippen LogP contribution >= 0.6 is 0 Å². The number of rotatable bonds is 2. The average Bonchev–Trinajstić information content (AvgIpc) is 1.62. The van der Waals surface area contributed by atoms with Crippen molar-refractivity contribution in [3.8, 4) is 0 Å². The Balaban J connectivity index is 0. The summed E-state index contributed by atoms with van der Waals surface area (Å²) in [6.45, 7) is 13.2. The minimum absolute atomic E-state index is 0. The van der Waals surface area contributed by atoms with Crippen LogP contribution in [0.5, 0.6) is 0 Å². The van der Waals surface area contributed by atoms with Crippen molar-refractivity contribution in [1.29, 1.82) is 0 Å². The smallest absolute Gasteiger partial charge is 0.515 e. The predicted molar refractivity (Wildman–Crippen MR) is 39.2 cm³/mol. The topological polar surface area (TPSA) is 9.23 Å². The Morgan fingerprint density at radius 2 is 1.80 bits per heavy atom. The van der Waals surface area contributed by atoms with E-state index in [0.717, 1.165) is 0 Å². The van der Waals surface area contributed by atoms with Crippen LogP contribution in [0.1, 0.15) is 27.7 Å². The molecule has 1 atom stereocenters. The zero-order valence-electron chi connectivity index (χ0n) is 7.64. The summed E-state index contributed by atoms with van der Waals surface area (Å²) < 4.78 is 5.41. The van der Waals surface area contributed by atoms with Crippen LogP contribution in [0.3, 0.4) is 0 Å². The molecule has 0 heterocycles. The van der Waals surface area contributed by atoms with Crippen molar-refractivity contribution in [3.63, 3.8) is 0 Å². The van der Waals surface area contributed by atoms with Gasteiger partial charge in [0.25, 0.3) is 0 Å². The monoisotopic (exact) mass is 134 g/mol. The average molecular weight is 134 g/mol. The van der Waals surface area contributed by atoms with E-state index in [2.05, 4.69) is 0 Å². The third-order valence-electron chi connectivity index (χ3n) is 0.810. The van der Waals surface area contributed by atoms with Crippen molar-refractivity contribution >= 4 is 0 Å². The Morgan fingerprint density at radius 1 is 1.40 bits per heavy atom. The molecule has 0 fully saturated rings. The second-order valence-electron chi connectivity index (χ2n) is 3.13. The maximum atomic E-state index is 5.41. The molecule has 0 aromatic rings. The molecule has 1 nitrogen and oxygen atoms in total. The van der Waals surface area contributed by atoms with Crippen molar-refractivity contribution in [1.82, 2.24) is 0 Å². The zero-order chi connectivity index (χ0) is 7.49. The molecule has 0 saturated carbocycles. The fourth-order valence-corrected chi connectivity index (χ4v) is 0.597. The second-order valence-corrected chi connectivity index (χ2v) is 3.13. The van der Waals surface area contributed by atoms with Gasteiger partial charge in [-0.1, -0.05) is 0 Å². The van der Waals surface area contributed by atoms with Gasteiger partial charge in [-0.15, -0.1) is 0 Å². The van der Waals surface area contributed by atoms with Crippen LogP contribution in [-0.2, 0) is 4.74 Å². The molecule has 1 unspecified atom stereocenters. The minimum Gasteiger partial charge on any atom is -0.515 e. The molecule has 0 rings (SSSR count). The van der Waals surface area contributed by atoms with Crippen LogP contribution in [0.4, 0.5) is 0 Å². The molecule has 0 spiro atoms. The van der Waals surface area contributed by atoms with Gasteiger partial charge >= 0.3 is 18.9 Å². The van der Waals surface area contributed by atoms with Crippen LogP contribution in [-0.4, -0.2) is 11.7 Å². The van der Waals surface area contributed by atoms with Crippen molar-refractivity contribution in [2.45, 2.75) is 39.4 Å². The summed E-state index contributed by atoms with van der Waals surface area (Å²) in [7, 11) is 0. The first kappa shape index (κ1) is 12.9. The van der Waals surface area contributed by atoms with E-state index in [0.29, 0.717) is 0 Å². The normalized spacial score (nSPS) is 13.6. The summed E-state index contributed by atoms with van der Waals surface area (Å²) in [5.41, 5.74) is -0.0880. The van der Waals surface area contributed by atoms with Gasteiger partial charge in [0, 0.05) is 6.10 Å². The van der Waals surface area contributed by atoms with E-state index in [9.17, 15) is 0 Å². The van der Waals surface area contributed by atoms with Crippen LogP contribution < -0.4 is 18.9 Å². The summed E-state index contributed by atoms with van der Waals surface area (Å²) in [5, 5.41) is 0. The molecule has 54 valence electrons. The van der Waals surface area contributed by atoms with Gasteiger partial charge in [0.15, 0.2) is 0 Å². The summed E-state index contributed by atoms with van der Waals surface area (Å²) in [4.78, 5) is 0. The van der Waals surface area contributed by atoms with Gasteiger partial charge in [0.2, 0.25) is 0 Å². The quantitative estimate of drug-likeness (QED) is 0.354. The molecule has 0 aliphatic carbocycles. The molecule has 0 radical (unpaired) electrons. The zero-order valence-corrected chi connectivity index (χ0v) is 7.64. The Kier molecular flexibility index (Phi) is 6.48. The third-order valence-corrected chi connectivity index (χ3v) is 0.810. The van der Waals surface area contributed by atoms with Crippen molar-refractivity contribution in [2.24, 2.45) is 0 Å². The minimum atomic E-state index is -0.0880. The Morgan fingerprint density at radius 3 is 1.90 bits per heavy atom. The van der Waals surface area contributed by atoms with Crippen molar-refractivity contribution in [2.75, 3.05) is 0 Å². The summed E-state index contributed by atoms with van der Waals surface area (Å²) in [6.07, 6.45) is 1.59. The largest absolute Gasteiger partial charge is 1.00 e. The van der Waals surface area contributed by atoms with Gasteiger partial charge in [-0.05, 0) is 27.7 Å². The molecule has 0 bridgehead atoms. The Hall–Kier alpha value is 0.297. The molecule has 0 aromatic heterocycles. The maximum Gasteiger partial charge on any atom is 1.00 e. The molecule has 0 aliphatic heterocycles. The molecule has 2 heteroatoms. The standard InChI is InChI=1S/C8H15O.Li/c1-6-7(2)9-8(3,4)5;/h1,6-7H,2-5H3;/q-1;+1. The second kappa shape index (κ2) is 5.02. The first-order valence-corrected chi connectivity index (χ1v) is 3.18. The predicted octanol–water partition coefficient (Wildman–Crippen LogP) is -0.817. The van der Waals surface area contributed by atoms with E-state index in [-0.39, 0.29) is 30.6 Å². The Bertz CT molecular complexity index is 93.9. The van der Waals surface area contributed by atoms with Crippen LogP contribution in [0.15, 0.2) is 6.08 Å². The third kappa shape index (κ3) is 8.30. The first-order valence-electron chi connectivity index (χ1n) is 3.18. The summed E-state index contributed by atoms with van der Waals surface area (Å²) in [6, 6.07) is 0. The fraction of sp³-hybridized carbons (Fsp3) is 0.750. The fourth-order valence-electron chi connectivity index (χ4n) is 0.597. The molecular weight excluding hydrogens is 119 g/mol. The van der Waals surface area contributed by atoms with Gasteiger partial charge in [-0.3, -0.25) is 0 Å². The molecule has 0 aliphatic rings. The SMILES string of the molecule is [CH-]=CC(C)OC(C)(C)C.[Li+]. The van der Waals surface area contributed by atoms with E-state index in [4.69, 9.17) is 11.3 Å². The van der Waals surface area contributed by atoms with E-state index < -0.39 is 0 Å². The van der Waals surface area contributed by atoms with E-state index in [1.165, 1.54) is 0 Å². The molecular formula is C8H15LiO. The van der Waals surface area contributed by atoms with Gasteiger partial charge in [-0.2, -0.15) is 0 Å². The number of hydrogen-bond donors (Lipinski definition) is 0. The van der Waals surface area contributed by atoms with Crippen LogP contribution in [0, 0.1) is 6.58 Å². The molecule has 0 N–H and O–H groups in total. The maximum absolute atomic E-state index is 5.41. The number of hydrogen-bond acceptors (Lipinski definition) is 1. The molecule has 0 aromatic carbocycles. The van der Waals surface area contributed by atoms with E-state index >= 15 is 0 Å². The molecule has 0 amide bonds. The van der Waals surface area contributed by atoms with Crippen LogP contribution in [0.2, 0.25) is 0 Å². The molecule has 10 heavy (non-hydrogen) atoms. The van der Waals surface area contributed by atoms with Gasteiger partial charge < -0.3 is 11.3 Å². The van der Waals surface area contributed by atoms with Gasteiger partial charge in [0.1, 0.15) is 0 Å². The van der Waals surface area contributed by atoms with Crippen LogP contribution in [0.25, 0.3) is 0 Å². The van der Waals surface area contributed by atoms with Crippen molar-refractivity contribution in [3.05, 3.63) is 12.7 Å². The summed E-state index contributed by atoms with van der Waals surface area (Å²) >= 11 is 0. The van der Waals surface area contributed by atoms with E-state index in [1.807, 2.05) is 27.7 Å². The van der Waals surface area contributed by atoms with Gasteiger partial charge in [-0.25, -0.2) is 6.08 Å². The van der Waals surface area contributed by atoms with Crippen molar-refractivity contribution < 1.29 is 23.6 Å². The number of ether oxygens (including phenoxy) is 1.